The van der Waals surface area contributed by atoms with Crippen molar-refractivity contribution >= 4 is 21.6 Å². The van der Waals surface area contributed by atoms with Gasteiger partial charge in [0.25, 0.3) is 0 Å². The molecule has 1 fully saturated rings. The van der Waals surface area contributed by atoms with Crippen LogP contribution in [0.15, 0.2) is 34.9 Å². The van der Waals surface area contributed by atoms with Crippen LogP contribution >= 0.6 is 0 Å². The zero-order chi connectivity index (χ0) is 18.0. The minimum atomic E-state index is -2.98. The maximum atomic E-state index is 12.3. The summed E-state index contributed by atoms with van der Waals surface area (Å²) in [6.07, 6.45) is 0.558. The Balaban J connectivity index is 1.68. The molecule has 3 rings (SSSR count). The molecule has 1 saturated heterocycles. The second-order valence-electron chi connectivity index (χ2n) is 6.36. The highest BCUT2D eigenvalue weighted by atomic mass is 32.2. The molecule has 1 aromatic carbocycles. The van der Waals surface area contributed by atoms with Crippen LogP contribution in [-0.4, -0.2) is 55.5 Å². The van der Waals surface area contributed by atoms with Gasteiger partial charge < -0.3 is 4.52 Å². The number of amides is 1. The fourth-order valence-corrected chi connectivity index (χ4v) is 4.85. The Kier molecular flexibility index (Phi) is 4.91. The Morgan fingerprint density at radius 1 is 1.36 bits per heavy atom. The number of nitrogens with one attached hydrogen (secondary N) is 1. The first-order chi connectivity index (χ1) is 11.9. The van der Waals surface area contributed by atoms with Crippen molar-refractivity contribution in [3.8, 4) is 11.1 Å². The molecule has 0 radical (unpaired) electrons. The maximum absolute atomic E-state index is 12.3. The van der Waals surface area contributed by atoms with Crippen LogP contribution in [-0.2, 0) is 14.6 Å². The molecule has 0 bridgehead atoms. The van der Waals surface area contributed by atoms with Gasteiger partial charge in [-0.05, 0) is 26.0 Å². The summed E-state index contributed by atoms with van der Waals surface area (Å²) in [7, 11) is -1.22. The van der Waals surface area contributed by atoms with Gasteiger partial charge in [0.05, 0.1) is 29.3 Å². The largest absolute Gasteiger partial charge is 0.337 e. The number of aryl methyl sites for hydroxylation is 1. The summed E-state index contributed by atoms with van der Waals surface area (Å²) in [6, 6.07) is 9.44. The first-order valence-corrected chi connectivity index (χ1v) is 9.90. The Bertz CT molecular complexity index is 861. The SMILES string of the molecule is Cc1noc(NC(=O)CN(C)C2CCS(=O)(=O)C2)c1-c1ccccc1. The Morgan fingerprint density at radius 2 is 2.08 bits per heavy atom. The van der Waals surface area contributed by atoms with Crippen molar-refractivity contribution in [2.45, 2.75) is 19.4 Å². The number of anilines is 1. The lowest BCUT2D eigenvalue weighted by atomic mass is 10.1. The van der Waals surface area contributed by atoms with Gasteiger partial charge in [0.2, 0.25) is 11.8 Å². The van der Waals surface area contributed by atoms with Crippen molar-refractivity contribution in [1.82, 2.24) is 10.1 Å². The number of rotatable bonds is 5. The molecule has 1 N–H and O–H groups in total. The van der Waals surface area contributed by atoms with Crippen molar-refractivity contribution in [1.29, 1.82) is 0 Å². The molecular weight excluding hydrogens is 342 g/mol. The smallest absolute Gasteiger partial charge is 0.240 e. The van der Waals surface area contributed by atoms with E-state index in [1.54, 1.807) is 11.9 Å². The minimum Gasteiger partial charge on any atom is -0.337 e. The van der Waals surface area contributed by atoms with Crippen LogP contribution in [0.3, 0.4) is 0 Å². The van der Waals surface area contributed by atoms with Gasteiger partial charge in [-0.25, -0.2) is 8.42 Å². The molecule has 0 aliphatic carbocycles. The van der Waals surface area contributed by atoms with Crippen LogP contribution in [0.25, 0.3) is 11.1 Å². The van der Waals surface area contributed by atoms with E-state index in [0.717, 1.165) is 11.1 Å². The lowest BCUT2D eigenvalue weighted by Crippen LogP contribution is -2.38. The summed E-state index contributed by atoms with van der Waals surface area (Å²) in [4.78, 5) is 14.1. The Morgan fingerprint density at radius 3 is 2.72 bits per heavy atom. The molecule has 2 aromatic rings. The molecule has 2 heterocycles. The Hall–Kier alpha value is -2.19. The maximum Gasteiger partial charge on any atom is 0.240 e. The molecule has 1 aromatic heterocycles. The van der Waals surface area contributed by atoms with E-state index in [0.29, 0.717) is 18.0 Å². The second-order valence-corrected chi connectivity index (χ2v) is 8.59. The third-order valence-electron chi connectivity index (χ3n) is 4.40. The molecule has 0 spiro atoms. The highest BCUT2D eigenvalue weighted by molar-refractivity contribution is 7.91. The first kappa shape index (κ1) is 17.6. The van der Waals surface area contributed by atoms with Gasteiger partial charge in [0, 0.05) is 6.04 Å². The number of sulfone groups is 1. The van der Waals surface area contributed by atoms with E-state index in [1.807, 2.05) is 37.3 Å². The fourth-order valence-electron chi connectivity index (χ4n) is 3.04. The minimum absolute atomic E-state index is 0.0914. The number of carbonyl (C=O) groups excluding carboxylic acids is 1. The zero-order valence-corrected chi connectivity index (χ0v) is 15.0. The third kappa shape index (κ3) is 4.08. The molecule has 1 unspecified atom stereocenters. The van der Waals surface area contributed by atoms with E-state index >= 15 is 0 Å². The molecule has 1 aliphatic rings. The van der Waals surface area contributed by atoms with Gasteiger partial charge in [0.15, 0.2) is 9.84 Å². The average Bonchev–Trinajstić information content (AvgIpc) is 3.10. The number of carbonyl (C=O) groups is 1. The number of aromatic nitrogens is 1. The van der Waals surface area contributed by atoms with Crippen LogP contribution in [0, 0.1) is 6.92 Å². The molecule has 25 heavy (non-hydrogen) atoms. The lowest BCUT2D eigenvalue weighted by Gasteiger charge is -2.21. The predicted molar refractivity (Wildman–Crippen MR) is 95.0 cm³/mol. The summed E-state index contributed by atoms with van der Waals surface area (Å²) in [5, 5.41) is 6.68. The topological polar surface area (TPSA) is 92.5 Å². The highest BCUT2D eigenvalue weighted by Crippen LogP contribution is 2.31. The predicted octanol–water partition coefficient (Wildman–Crippen LogP) is 1.71. The van der Waals surface area contributed by atoms with Crippen LogP contribution in [0.1, 0.15) is 12.1 Å². The standard InChI is InChI=1S/C17H21N3O4S/c1-12-16(13-6-4-3-5-7-13)17(24-19-12)18-15(21)10-20(2)14-8-9-25(22,23)11-14/h3-7,14H,8-11H2,1-2H3,(H,18,21). The van der Waals surface area contributed by atoms with Crippen LogP contribution < -0.4 is 5.32 Å². The quantitative estimate of drug-likeness (QED) is 0.869. The van der Waals surface area contributed by atoms with E-state index in [9.17, 15) is 13.2 Å². The van der Waals surface area contributed by atoms with E-state index in [-0.39, 0.29) is 30.0 Å². The Labute approximate surface area is 146 Å². The molecule has 0 saturated carbocycles. The zero-order valence-electron chi connectivity index (χ0n) is 14.2. The van der Waals surface area contributed by atoms with E-state index in [4.69, 9.17) is 4.52 Å². The molecule has 8 heteroatoms. The molecular formula is C17H21N3O4S. The normalized spacial score (nSPS) is 19.2. The highest BCUT2D eigenvalue weighted by Gasteiger charge is 2.31. The summed E-state index contributed by atoms with van der Waals surface area (Å²) in [6.45, 7) is 1.91. The summed E-state index contributed by atoms with van der Waals surface area (Å²) in [5.41, 5.74) is 2.35. The number of benzene rings is 1. The van der Waals surface area contributed by atoms with Gasteiger partial charge in [-0.2, -0.15) is 0 Å². The summed E-state index contributed by atoms with van der Waals surface area (Å²) >= 11 is 0. The van der Waals surface area contributed by atoms with Crippen molar-refractivity contribution < 1.29 is 17.7 Å². The van der Waals surface area contributed by atoms with Crippen molar-refractivity contribution in [2.24, 2.45) is 0 Å². The van der Waals surface area contributed by atoms with Crippen LogP contribution in [0.5, 0.6) is 0 Å². The van der Waals surface area contributed by atoms with Crippen molar-refractivity contribution in [3.05, 3.63) is 36.0 Å². The van der Waals surface area contributed by atoms with Gasteiger partial charge in [-0.1, -0.05) is 35.5 Å². The van der Waals surface area contributed by atoms with E-state index in [1.165, 1.54) is 0 Å². The monoisotopic (exact) mass is 363 g/mol. The van der Waals surface area contributed by atoms with E-state index < -0.39 is 9.84 Å². The van der Waals surface area contributed by atoms with Gasteiger partial charge in [-0.3, -0.25) is 15.0 Å². The second kappa shape index (κ2) is 6.97. The number of nitrogens with zero attached hydrogens (tertiary/aromatic N) is 2. The molecule has 1 amide bonds. The van der Waals surface area contributed by atoms with Crippen molar-refractivity contribution in [2.75, 3.05) is 30.4 Å². The fraction of sp³-hybridized carbons (Fsp3) is 0.412. The van der Waals surface area contributed by atoms with Crippen molar-refractivity contribution in [3.63, 3.8) is 0 Å². The third-order valence-corrected chi connectivity index (χ3v) is 6.15. The molecule has 1 aliphatic heterocycles. The summed E-state index contributed by atoms with van der Waals surface area (Å²) in [5.74, 6) is 0.331. The van der Waals surface area contributed by atoms with Crippen LogP contribution in [0.2, 0.25) is 0 Å². The average molecular weight is 363 g/mol. The van der Waals surface area contributed by atoms with Gasteiger partial charge in [-0.15, -0.1) is 0 Å². The van der Waals surface area contributed by atoms with Gasteiger partial charge >= 0.3 is 0 Å². The number of hydrogen-bond acceptors (Lipinski definition) is 6. The molecule has 7 nitrogen and oxygen atoms in total. The molecule has 134 valence electrons. The van der Waals surface area contributed by atoms with Gasteiger partial charge in [0.1, 0.15) is 0 Å². The first-order valence-electron chi connectivity index (χ1n) is 8.08. The number of likely N-dealkylation sites (N-methyl/N-ethyl adjacent to an activating group) is 1. The van der Waals surface area contributed by atoms with Crippen LogP contribution in [0.4, 0.5) is 5.88 Å². The lowest BCUT2D eigenvalue weighted by molar-refractivity contribution is -0.117. The van der Waals surface area contributed by atoms with E-state index in [2.05, 4.69) is 10.5 Å². The molecule has 1 atom stereocenters. The summed E-state index contributed by atoms with van der Waals surface area (Å²) < 4.78 is 28.4. The number of hydrogen-bond donors (Lipinski definition) is 1.